The molecule has 0 aliphatic heterocycles. The normalized spacial score (nSPS) is 11.6. The van der Waals surface area contributed by atoms with E-state index in [1.165, 1.54) is 23.0 Å². The van der Waals surface area contributed by atoms with Crippen LogP contribution in [0.5, 0.6) is 0 Å². The predicted molar refractivity (Wildman–Crippen MR) is 135 cm³/mol. The van der Waals surface area contributed by atoms with Crippen LogP contribution in [0.1, 0.15) is 15.9 Å². The minimum atomic E-state index is -4.56. The summed E-state index contributed by atoms with van der Waals surface area (Å²) < 4.78 is 43.3. The topological polar surface area (TPSA) is 50.2 Å². The van der Waals surface area contributed by atoms with Crippen LogP contribution in [0.15, 0.2) is 79.0 Å². The molecule has 186 valence electrons. The third-order valence-electron chi connectivity index (χ3n) is 5.63. The van der Waals surface area contributed by atoms with Gasteiger partial charge in [-0.2, -0.15) is 18.3 Å². The molecule has 0 saturated carbocycles. The van der Waals surface area contributed by atoms with E-state index in [2.05, 4.69) is 10.4 Å². The molecule has 0 spiro atoms. The van der Waals surface area contributed by atoms with E-state index in [0.29, 0.717) is 40.5 Å². The molecule has 0 aliphatic rings. The van der Waals surface area contributed by atoms with Gasteiger partial charge in [0.25, 0.3) is 5.91 Å². The summed E-state index contributed by atoms with van der Waals surface area (Å²) in [7, 11) is 3.83. The molecule has 36 heavy (non-hydrogen) atoms. The van der Waals surface area contributed by atoms with Crippen molar-refractivity contribution in [3.05, 3.63) is 95.1 Å². The molecular weight excluding hydrogens is 489 g/mol. The van der Waals surface area contributed by atoms with Crippen LogP contribution in [0.3, 0.4) is 0 Å². The number of hydrogen-bond donors (Lipinski definition) is 1. The second-order valence-corrected chi connectivity index (χ2v) is 8.91. The summed E-state index contributed by atoms with van der Waals surface area (Å²) in [5.41, 5.74) is 1.68. The number of hydrogen-bond acceptors (Lipinski definition) is 3. The first kappa shape index (κ1) is 25.5. The number of carbonyl (C=O) groups excluding carboxylic acids is 1. The van der Waals surface area contributed by atoms with Gasteiger partial charge in [0.05, 0.1) is 23.1 Å². The van der Waals surface area contributed by atoms with E-state index in [0.717, 1.165) is 6.07 Å². The van der Waals surface area contributed by atoms with Gasteiger partial charge in [-0.3, -0.25) is 4.79 Å². The van der Waals surface area contributed by atoms with Gasteiger partial charge in [0, 0.05) is 34.8 Å². The van der Waals surface area contributed by atoms with Gasteiger partial charge in [0.15, 0.2) is 0 Å². The van der Waals surface area contributed by atoms with Gasteiger partial charge in [0.2, 0.25) is 0 Å². The SMILES string of the molecule is CN(C)CCNC(=O)c1ccc(-n2ncc(-c3ccc(Cl)cc3)c2-c2ccccc2C(F)(F)F)cc1. The van der Waals surface area contributed by atoms with Crippen molar-refractivity contribution in [3.8, 4) is 28.1 Å². The van der Waals surface area contributed by atoms with Crippen molar-refractivity contribution in [2.24, 2.45) is 0 Å². The van der Waals surface area contributed by atoms with Crippen LogP contribution in [0.4, 0.5) is 13.2 Å². The van der Waals surface area contributed by atoms with E-state index in [1.54, 1.807) is 54.6 Å². The Morgan fingerprint density at radius 3 is 2.28 bits per heavy atom. The second-order valence-electron chi connectivity index (χ2n) is 8.47. The number of likely N-dealkylation sites (N-methyl/N-ethyl adjacent to an activating group) is 1. The highest BCUT2D eigenvalue weighted by Crippen LogP contribution is 2.41. The fourth-order valence-corrected chi connectivity index (χ4v) is 3.96. The van der Waals surface area contributed by atoms with Crippen molar-refractivity contribution in [2.45, 2.75) is 6.18 Å². The molecule has 0 saturated heterocycles. The Kier molecular flexibility index (Phi) is 7.47. The molecule has 0 aliphatic carbocycles. The van der Waals surface area contributed by atoms with Gasteiger partial charge in [-0.1, -0.05) is 41.9 Å². The lowest BCUT2D eigenvalue weighted by atomic mass is 9.97. The Balaban J connectivity index is 1.79. The molecule has 1 aromatic heterocycles. The van der Waals surface area contributed by atoms with Crippen LogP contribution in [-0.4, -0.2) is 47.8 Å². The van der Waals surface area contributed by atoms with Crippen LogP contribution in [0.2, 0.25) is 5.02 Å². The summed E-state index contributed by atoms with van der Waals surface area (Å²) in [5, 5.41) is 7.80. The number of halogens is 4. The highest BCUT2D eigenvalue weighted by atomic mass is 35.5. The zero-order chi connectivity index (χ0) is 25.9. The van der Waals surface area contributed by atoms with Gasteiger partial charge in [-0.25, -0.2) is 4.68 Å². The number of nitrogens with one attached hydrogen (secondary N) is 1. The average Bonchev–Trinajstić information content (AvgIpc) is 3.29. The van der Waals surface area contributed by atoms with Gasteiger partial charge in [-0.05, 0) is 62.1 Å². The summed E-state index contributed by atoms with van der Waals surface area (Å²) in [6.07, 6.45) is -3.02. The molecule has 1 amide bonds. The summed E-state index contributed by atoms with van der Waals surface area (Å²) in [5.74, 6) is -0.228. The van der Waals surface area contributed by atoms with E-state index in [-0.39, 0.29) is 17.2 Å². The van der Waals surface area contributed by atoms with E-state index in [9.17, 15) is 18.0 Å². The highest BCUT2D eigenvalue weighted by Gasteiger charge is 2.35. The molecule has 1 heterocycles. The molecule has 1 N–H and O–H groups in total. The molecule has 9 heteroatoms. The summed E-state index contributed by atoms with van der Waals surface area (Å²) in [6, 6.07) is 18.8. The summed E-state index contributed by atoms with van der Waals surface area (Å²) in [6.45, 7) is 1.20. The lowest BCUT2D eigenvalue weighted by Gasteiger charge is -2.16. The minimum absolute atomic E-state index is 0.00189. The smallest absolute Gasteiger partial charge is 0.351 e. The Bertz CT molecular complexity index is 1350. The van der Waals surface area contributed by atoms with Gasteiger partial charge >= 0.3 is 6.18 Å². The molecule has 0 radical (unpaired) electrons. The van der Waals surface area contributed by atoms with Crippen molar-refractivity contribution < 1.29 is 18.0 Å². The largest absolute Gasteiger partial charge is 0.417 e. The van der Waals surface area contributed by atoms with Gasteiger partial charge in [0.1, 0.15) is 0 Å². The molecule has 3 aromatic carbocycles. The number of alkyl halides is 3. The molecule has 0 atom stereocenters. The van der Waals surface area contributed by atoms with Crippen LogP contribution in [0.25, 0.3) is 28.1 Å². The lowest BCUT2D eigenvalue weighted by molar-refractivity contribution is -0.137. The van der Waals surface area contributed by atoms with E-state index in [1.807, 2.05) is 19.0 Å². The van der Waals surface area contributed by atoms with E-state index < -0.39 is 11.7 Å². The van der Waals surface area contributed by atoms with Crippen LogP contribution in [-0.2, 0) is 6.18 Å². The molecule has 0 bridgehead atoms. The highest BCUT2D eigenvalue weighted by molar-refractivity contribution is 6.30. The number of amides is 1. The van der Waals surface area contributed by atoms with Crippen molar-refractivity contribution in [1.29, 1.82) is 0 Å². The quantitative estimate of drug-likeness (QED) is 0.322. The van der Waals surface area contributed by atoms with E-state index >= 15 is 0 Å². The first-order chi connectivity index (χ1) is 17.1. The Labute approximate surface area is 212 Å². The number of benzene rings is 3. The van der Waals surface area contributed by atoms with Crippen molar-refractivity contribution >= 4 is 17.5 Å². The van der Waals surface area contributed by atoms with Crippen LogP contribution < -0.4 is 5.32 Å². The standard InChI is InChI=1S/C27H24ClF3N4O/c1-34(2)16-15-32-26(36)19-9-13-21(14-10-19)35-25(22-5-3-4-6-24(22)27(29,30)31)23(17-33-35)18-7-11-20(28)12-8-18/h3-14,17H,15-16H2,1-2H3,(H,32,36). The summed E-state index contributed by atoms with van der Waals surface area (Å²) >= 11 is 6.02. The van der Waals surface area contributed by atoms with Crippen molar-refractivity contribution in [1.82, 2.24) is 20.0 Å². The third kappa shape index (κ3) is 5.61. The monoisotopic (exact) mass is 512 g/mol. The van der Waals surface area contributed by atoms with Crippen LogP contribution in [0, 0.1) is 0 Å². The molecule has 5 nitrogen and oxygen atoms in total. The Hall–Kier alpha value is -3.62. The second kappa shape index (κ2) is 10.6. The minimum Gasteiger partial charge on any atom is -0.351 e. The Morgan fingerprint density at radius 2 is 1.64 bits per heavy atom. The molecule has 0 unspecified atom stereocenters. The molecule has 0 fully saturated rings. The molecular formula is C27H24ClF3N4O. The molecule has 4 rings (SSSR count). The third-order valence-corrected chi connectivity index (χ3v) is 5.88. The average molecular weight is 513 g/mol. The zero-order valence-corrected chi connectivity index (χ0v) is 20.4. The number of rotatable bonds is 7. The summed E-state index contributed by atoms with van der Waals surface area (Å²) in [4.78, 5) is 14.4. The van der Waals surface area contributed by atoms with Gasteiger partial charge in [-0.15, -0.1) is 0 Å². The predicted octanol–water partition coefficient (Wildman–Crippen LogP) is 6.17. The van der Waals surface area contributed by atoms with Crippen LogP contribution >= 0.6 is 11.6 Å². The fraction of sp³-hybridized carbons (Fsp3) is 0.185. The van der Waals surface area contributed by atoms with Crippen molar-refractivity contribution in [3.63, 3.8) is 0 Å². The zero-order valence-electron chi connectivity index (χ0n) is 19.7. The number of carbonyl (C=O) groups is 1. The maximum absolute atomic E-state index is 14.0. The van der Waals surface area contributed by atoms with Crippen molar-refractivity contribution in [2.75, 3.05) is 27.2 Å². The maximum Gasteiger partial charge on any atom is 0.417 e. The molecule has 4 aromatic rings. The maximum atomic E-state index is 14.0. The first-order valence-corrected chi connectivity index (χ1v) is 11.6. The van der Waals surface area contributed by atoms with Gasteiger partial charge < -0.3 is 10.2 Å². The lowest BCUT2D eigenvalue weighted by Crippen LogP contribution is -2.31. The Morgan fingerprint density at radius 1 is 0.972 bits per heavy atom. The first-order valence-electron chi connectivity index (χ1n) is 11.2. The number of aromatic nitrogens is 2. The number of nitrogens with zero attached hydrogens (tertiary/aromatic N) is 3. The fourth-order valence-electron chi connectivity index (χ4n) is 3.83. The van der Waals surface area contributed by atoms with E-state index in [4.69, 9.17) is 11.6 Å².